The van der Waals surface area contributed by atoms with Crippen molar-refractivity contribution >= 4 is 12.6 Å². The summed E-state index contributed by atoms with van der Waals surface area (Å²) in [4.78, 5) is 22.4. The Kier molecular flexibility index (Phi) is 8.11. The molecule has 0 atom stereocenters. The summed E-state index contributed by atoms with van der Waals surface area (Å²) in [6.45, 7) is 11.5. The molecule has 1 heterocycles. The zero-order valence-electron chi connectivity index (χ0n) is 11.7. The molecule has 0 spiro atoms. The summed E-state index contributed by atoms with van der Waals surface area (Å²) in [5.41, 5.74) is -0.318. The minimum atomic E-state index is -0.318. The van der Waals surface area contributed by atoms with Crippen molar-refractivity contribution in [3.05, 3.63) is 0 Å². The number of hydrogen-bond acceptors (Lipinski definition) is 5. The first-order valence-corrected chi connectivity index (χ1v) is 6.14. The minimum Gasteiger partial charge on any atom is -0.462 e. The second-order valence-electron chi connectivity index (χ2n) is 4.76. The number of carbonyl (C=O) groups excluding carboxylic acids is 2. The second kappa shape index (κ2) is 8.74. The predicted octanol–water partition coefficient (Wildman–Crippen LogP) is 1.01. The van der Waals surface area contributed by atoms with Gasteiger partial charge in [-0.25, -0.2) is 4.79 Å². The van der Waals surface area contributed by atoms with Crippen LogP contribution in [0.5, 0.6) is 0 Å². The normalized spacial score (nSPS) is 15.2. The van der Waals surface area contributed by atoms with Crippen molar-refractivity contribution in [1.82, 2.24) is 10.2 Å². The van der Waals surface area contributed by atoms with Crippen molar-refractivity contribution in [1.29, 1.82) is 0 Å². The molecule has 106 valence electrons. The van der Waals surface area contributed by atoms with Gasteiger partial charge in [-0.1, -0.05) is 0 Å². The molecule has 0 aromatic heterocycles. The number of amides is 1. The van der Waals surface area contributed by atoms with E-state index in [0.29, 0.717) is 13.1 Å². The van der Waals surface area contributed by atoms with Crippen molar-refractivity contribution in [2.24, 2.45) is 0 Å². The highest BCUT2D eigenvalue weighted by Gasteiger charge is 2.15. The number of piperazine rings is 1. The van der Waals surface area contributed by atoms with E-state index in [0.717, 1.165) is 26.2 Å². The van der Waals surface area contributed by atoms with Crippen LogP contribution in [-0.4, -0.2) is 55.9 Å². The van der Waals surface area contributed by atoms with Crippen molar-refractivity contribution in [3.63, 3.8) is 0 Å². The number of ether oxygens (including phenoxy) is 2. The third-order valence-electron chi connectivity index (χ3n) is 2.04. The molecule has 6 heteroatoms. The monoisotopic (exact) mass is 260 g/mol. The molecule has 1 amide bonds. The summed E-state index contributed by atoms with van der Waals surface area (Å²) in [5.74, 6) is 0. The standard InChI is InChI=1S/C7H14N2O2.C5H10O2/c1-2-11-7(10)9-5-3-8-4-6-9;1-5(2,3)7-4-6/h8H,2-6H2,1H3;4H,1-3H3. The molecule has 0 bridgehead atoms. The summed E-state index contributed by atoms with van der Waals surface area (Å²) in [6.07, 6.45) is -0.186. The van der Waals surface area contributed by atoms with Crippen LogP contribution in [0.2, 0.25) is 0 Å². The summed E-state index contributed by atoms with van der Waals surface area (Å²) in [5, 5.41) is 3.16. The molecule has 1 rings (SSSR count). The maximum absolute atomic E-state index is 11.1. The van der Waals surface area contributed by atoms with Crippen LogP contribution in [0, 0.1) is 0 Å². The first-order chi connectivity index (χ1) is 8.40. The Labute approximate surface area is 109 Å². The Morgan fingerprint density at radius 3 is 2.22 bits per heavy atom. The van der Waals surface area contributed by atoms with Gasteiger partial charge in [0, 0.05) is 26.2 Å². The van der Waals surface area contributed by atoms with E-state index in [9.17, 15) is 9.59 Å². The Morgan fingerprint density at radius 1 is 1.33 bits per heavy atom. The van der Waals surface area contributed by atoms with Gasteiger partial charge in [-0.15, -0.1) is 0 Å². The predicted molar refractivity (Wildman–Crippen MR) is 68.4 cm³/mol. The van der Waals surface area contributed by atoms with E-state index in [-0.39, 0.29) is 11.7 Å². The highest BCUT2D eigenvalue weighted by Crippen LogP contribution is 2.02. The van der Waals surface area contributed by atoms with Crippen molar-refractivity contribution in [3.8, 4) is 0 Å². The number of rotatable bonds is 2. The molecule has 1 aliphatic rings. The van der Waals surface area contributed by atoms with Crippen LogP contribution in [0.4, 0.5) is 4.79 Å². The Balaban J connectivity index is 0.000000360. The molecule has 1 N–H and O–H groups in total. The molecule has 0 aliphatic carbocycles. The zero-order chi connectivity index (χ0) is 14.0. The van der Waals surface area contributed by atoms with E-state index in [1.165, 1.54) is 0 Å². The van der Waals surface area contributed by atoms with Gasteiger partial charge in [-0.3, -0.25) is 4.79 Å². The van der Waals surface area contributed by atoms with Gasteiger partial charge in [0.05, 0.1) is 6.61 Å². The van der Waals surface area contributed by atoms with Crippen molar-refractivity contribution < 1.29 is 19.1 Å². The van der Waals surface area contributed by atoms with E-state index in [4.69, 9.17) is 4.74 Å². The van der Waals surface area contributed by atoms with E-state index in [1.807, 2.05) is 27.7 Å². The largest absolute Gasteiger partial charge is 0.462 e. The van der Waals surface area contributed by atoms with Crippen molar-refractivity contribution in [2.75, 3.05) is 32.8 Å². The average Bonchev–Trinajstić information content (AvgIpc) is 2.30. The number of nitrogens with one attached hydrogen (secondary N) is 1. The minimum absolute atomic E-state index is 0.186. The van der Waals surface area contributed by atoms with Crippen molar-refractivity contribution in [2.45, 2.75) is 33.3 Å². The van der Waals surface area contributed by atoms with Crippen LogP contribution in [-0.2, 0) is 14.3 Å². The molecule has 6 nitrogen and oxygen atoms in total. The van der Waals surface area contributed by atoms with Crippen LogP contribution < -0.4 is 5.32 Å². The fourth-order valence-corrected chi connectivity index (χ4v) is 1.21. The maximum Gasteiger partial charge on any atom is 0.409 e. The molecule has 0 aromatic carbocycles. The Bertz CT molecular complexity index is 245. The van der Waals surface area contributed by atoms with Gasteiger partial charge in [0.1, 0.15) is 5.60 Å². The lowest BCUT2D eigenvalue weighted by molar-refractivity contribution is -0.138. The van der Waals surface area contributed by atoms with Gasteiger partial charge in [0.25, 0.3) is 6.47 Å². The molecule has 18 heavy (non-hydrogen) atoms. The second-order valence-corrected chi connectivity index (χ2v) is 4.76. The SMILES string of the molecule is CC(C)(C)OC=O.CCOC(=O)N1CCNCC1. The number of nitrogens with zero attached hydrogens (tertiary/aromatic N) is 1. The molecule has 1 saturated heterocycles. The summed E-state index contributed by atoms with van der Waals surface area (Å²) >= 11 is 0. The van der Waals surface area contributed by atoms with Crippen LogP contribution in [0.1, 0.15) is 27.7 Å². The first-order valence-electron chi connectivity index (χ1n) is 6.14. The quantitative estimate of drug-likeness (QED) is 0.750. The molecule has 0 radical (unpaired) electrons. The molecule has 1 aliphatic heterocycles. The van der Waals surface area contributed by atoms with Crippen LogP contribution in [0.3, 0.4) is 0 Å². The summed E-state index contributed by atoms with van der Waals surface area (Å²) in [6, 6.07) is 0. The highest BCUT2D eigenvalue weighted by atomic mass is 16.6. The number of hydrogen-bond donors (Lipinski definition) is 1. The lowest BCUT2D eigenvalue weighted by Crippen LogP contribution is -2.46. The third-order valence-corrected chi connectivity index (χ3v) is 2.04. The van der Waals surface area contributed by atoms with Crippen LogP contribution in [0.25, 0.3) is 0 Å². The molecule has 1 fully saturated rings. The molecule has 0 unspecified atom stereocenters. The summed E-state index contributed by atoms with van der Waals surface area (Å²) in [7, 11) is 0. The van der Waals surface area contributed by atoms with E-state index < -0.39 is 0 Å². The molecule has 0 aromatic rings. The number of carbonyl (C=O) groups is 2. The van der Waals surface area contributed by atoms with Gasteiger partial charge >= 0.3 is 6.09 Å². The van der Waals surface area contributed by atoms with Gasteiger partial charge in [0.15, 0.2) is 0 Å². The van der Waals surface area contributed by atoms with Gasteiger partial charge in [-0.2, -0.15) is 0 Å². The van der Waals surface area contributed by atoms with Gasteiger partial charge in [-0.05, 0) is 27.7 Å². The average molecular weight is 260 g/mol. The van der Waals surface area contributed by atoms with E-state index >= 15 is 0 Å². The fraction of sp³-hybridized carbons (Fsp3) is 0.833. The van der Waals surface area contributed by atoms with E-state index in [2.05, 4.69) is 10.1 Å². The lowest BCUT2D eigenvalue weighted by atomic mass is 10.2. The Hall–Kier alpha value is -1.30. The zero-order valence-corrected chi connectivity index (χ0v) is 11.7. The topological polar surface area (TPSA) is 67.9 Å². The lowest BCUT2D eigenvalue weighted by Gasteiger charge is -2.26. The molecule has 0 saturated carbocycles. The molecular weight excluding hydrogens is 236 g/mol. The van der Waals surface area contributed by atoms with Gasteiger partial charge < -0.3 is 19.7 Å². The third kappa shape index (κ3) is 8.81. The maximum atomic E-state index is 11.1. The highest BCUT2D eigenvalue weighted by molar-refractivity contribution is 5.67. The first kappa shape index (κ1) is 16.7. The smallest absolute Gasteiger partial charge is 0.409 e. The van der Waals surface area contributed by atoms with Gasteiger partial charge in [0.2, 0.25) is 0 Å². The fourth-order valence-electron chi connectivity index (χ4n) is 1.21. The van der Waals surface area contributed by atoms with Crippen LogP contribution >= 0.6 is 0 Å². The van der Waals surface area contributed by atoms with Crippen LogP contribution in [0.15, 0.2) is 0 Å². The summed E-state index contributed by atoms with van der Waals surface area (Å²) < 4.78 is 9.39. The molecular formula is C12H24N2O4. The van der Waals surface area contributed by atoms with E-state index in [1.54, 1.807) is 4.90 Å². The Morgan fingerprint density at radius 2 is 1.89 bits per heavy atom.